The van der Waals surface area contributed by atoms with Crippen molar-refractivity contribution in [2.24, 2.45) is 0 Å². The van der Waals surface area contributed by atoms with Crippen molar-refractivity contribution in [2.75, 3.05) is 45.9 Å². The Bertz CT molecular complexity index is 455. The van der Waals surface area contributed by atoms with E-state index in [1.54, 1.807) is 0 Å². The summed E-state index contributed by atoms with van der Waals surface area (Å²) in [6.07, 6.45) is 0.852. The van der Waals surface area contributed by atoms with E-state index in [1.807, 2.05) is 24.8 Å². The van der Waals surface area contributed by atoms with Gasteiger partial charge in [0, 0.05) is 52.0 Å². The Morgan fingerprint density at radius 1 is 1.41 bits per heavy atom. The molecule has 0 spiro atoms. The normalized spacial score (nSPS) is 16.0. The number of carbonyl (C=O) groups excluding carboxylic acids is 1. The number of carbonyl (C=O) groups is 1. The molecule has 0 atom stereocenters. The Morgan fingerprint density at radius 3 is 2.82 bits per heavy atom. The highest BCUT2D eigenvalue weighted by Gasteiger charge is 2.21. The van der Waals surface area contributed by atoms with E-state index in [1.165, 1.54) is 0 Å². The number of aromatic nitrogens is 1. The van der Waals surface area contributed by atoms with Crippen molar-refractivity contribution in [2.45, 2.75) is 26.8 Å². The number of hydrogen-bond donors (Lipinski definition) is 1. The lowest BCUT2D eigenvalue weighted by Gasteiger charge is -2.34. The smallest absolute Gasteiger partial charge is 0.317 e. The van der Waals surface area contributed by atoms with Gasteiger partial charge < -0.3 is 19.5 Å². The van der Waals surface area contributed by atoms with Crippen LogP contribution in [0.25, 0.3) is 0 Å². The summed E-state index contributed by atoms with van der Waals surface area (Å²) < 4.78 is 10.5. The van der Waals surface area contributed by atoms with Gasteiger partial charge in [-0.25, -0.2) is 4.79 Å². The van der Waals surface area contributed by atoms with E-state index in [0.29, 0.717) is 13.2 Å². The van der Waals surface area contributed by atoms with Gasteiger partial charge >= 0.3 is 6.03 Å². The average molecular weight is 310 g/mol. The van der Waals surface area contributed by atoms with Crippen LogP contribution in [0, 0.1) is 6.92 Å². The summed E-state index contributed by atoms with van der Waals surface area (Å²) in [6, 6.07) is 1.98. The number of piperazine rings is 1. The van der Waals surface area contributed by atoms with Gasteiger partial charge in [-0.1, -0.05) is 5.16 Å². The van der Waals surface area contributed by atoms with Gasteiger partial charge in [0.15, 0.2) is 5.76 Å². The molecule has 0 radical (unpaired) electrons. The first-order valence-corrected chi connectivity index (χ1v) is 7.94. The van der Waals surface area contributed by atoms with Crippen LogP contribution < -0.4 is 5.32 Å². The highest BCUT2D eigenvalue weighted by molar-refractivity contribution is 5.74. The van der Waals surface area contributed by atoms with E-state index in [2.05, 4.69) is 15.4 Å². The lowest BCUT2D eigenvalue weighted by atomic mass is 10.3. The Hall–Kier alpha value is -1.60. The van der Waals surface area contributed by atoms with E-state index in [4.69, 9.17) is 9.26 Å². The second-order valence-corrected chi connectivity index (χ2v) is 5.48. The minimum absolute atomic E-state index is 0.0201. The molecule has 1 aliphatic heterocycles. The van der Waals surface area contributed by atoms with Crippen molar-refractivity contribution < 1.29 is 14.1 Å². The third-order valence-corrected chi connectivity index (χ3v) is 3.66. The van der Waals surface area contributed by atoms with Crippen molar-refractivity contribution in [3.8, 4) is 0 Å². The molecule has 1 aromatic rings. The first-order chi connectivity index (χ1) is 10.7. The highest BCUT2D eigenvalue weighted by Crippen LogP contribution is 2.09. The van der Waals surface area contributed by atoms with Gasteiger partial charge in [-0.3, -0.25) is 4.90 Å². The molecule has 0 bridgehead atoms. The fourth-order valence-electron chi connectivity index (χ4n) is 2.45. The van der Waals surface area contributed by atoms with E-state index < -0.39 is 0 Å². The molecule has 2 amide bonds. The molecule has 0 aromatic carbocycles. The number of ether oxygens (including phenoxy) is 1. The van der Waals surface area contributed by atoms with E-state index >= 15 is 0 Å². The lowest BCUT2D eigenvalue weighted by Crippen LogP contribution is -2.51. The van der Waals surface area contributed by atoms with Crippen molar-refractivity contribution in [3.63, 3.8) is 0 Å². The molecule has 0 aliphatic carbocycles. The molecule has 1 N–H and O–H groups in total. The number of rotatable bonds is 7. The highest BCUT2D eigenvalue weighted by atomic mass is 16.5. The molecule has 7 heteroatoms. The van der Waals surface area contributed by atoms with Crippen molar-refractivity contribution in [3.05, 3.63) is 17.5 Å². The summed E-state index contributed by atoms with van der Waals surface area (Å²) in [7, 11) is 0. The molecule has 22 heavy (non-hydrogen) atoms. The van der Waals surface area contributed by atoms with Crippen molar-refractivity contribution in [1.82, 2.24) is 20.3 Å². The van der Waals surface area contributed by atoms with E-state index in [-0.39, 0.29) is 6.03 Å². The third kappa shape index (κ3) is 5.31. The van der Waals surface area contributed by atoms with Crippen LogP contribution in [0.15, 0.2) is 10.6 Å². The first-order valence-electron chi connectivity index (χ1n) is 7.94. The van der Waals surface area contributed by atoms with Crippen LogP contribution in [0.3, 0.4) is 0 Å². The molecule has 1 saturated heterocycles. The molecule has 0 unspecified atom stereocenters. The summed E-state index contributed by atoms with van der Waals surface area (Å²) in [4.78, 5) is 16.2. The Labute approximate surface area is 131 Å². The maximum Gasteiger partial charge on any atom is 0.317 e. The van der Waals surface area contributed by atoms with Crippen LogP contribution in [-0.4, -0.2) is 66.9 Å². The minimum atomic E-state index is 0.0201. The second-order valence-electron chi connectivity index (χ2n) is 5.48. The maximum atomic E-state index is 12.0. The van der Waals surface area contributed by atoms with Crippen molar-refractivity contribution >= 4 is 6.03 Å². The van der Waals surface area contributed by atoms with Gasteiger partial charge in [0.1, 0.15) is 0 Å². The van der Waals surface area contributed by atoms with Crippen LogP contribution in [0.5, 0.6) is 0 Å². The topological polar surface area (TPSA) is 70.8 Å². The minimum Gasteiger partial charge on any atom is -0.382 e. The number of nitrogens with zero attached hydrogens (tertiary/aromatic N) is 3. The molecule has 2 heterocycles. The average Bonchev–Trinajstić information content (AvgIpc) is 2.93. The predicted octanol–water partition coefficient (Wildman–Crippen LogP) is 1.24. The van der Waals surface area contributed by atoms with Gasteiger partial charge in [0.05, 0.1) is 12.2 Å². The van der Waals surface area contributed by atoms with Gasteiger partial charge in [-0.2, -0.15) is 0 Å². The molecular formula is C15H26N4O3. The number of urea groups is 1. The van der Waals surface area contributed by atoms with Crippen molar-refractivity contribution in [1.29, 1.82) is 0 Å². The third-order valence-electron chi connectivity index (χ3n) is 3.66. The first kappa shape index (κ1) is 16.8. The zero-order valence-electron chi connectivity index (χ0n) is 13.5. The Kier molecular flexibility index (Phi) is 6.67. The number of amides is 2. The zero-order chi connectivity index (χ0) is 15.8. The summed E-state index contributed by atoms with van der Waals surface area (Å²) >= 11 is 0. The van der Waals surface area contributed by atoms with Crippen LogP contribution in [-0.2, 0) is 11.3 Å². The molecule has 1 aromatic heterocycles. The van der Waals surface area contributed by atoms with Crippen LogP contribution in [0.4, 0.5) is 4.79 Å². The predicted molar refractivity (Wildman–Crippen MR) is 82.6 cm³/mol. The summed E-state index contributed by atoms with van der Waals surface area (Å²) in [5.74, 6) is 0.881. The Balaban J connectivity index is 1.62. The fraction of sp³-hybridized carbons (Fsp3) is 0.733. The SMILES string of the molecule is CCOCCCNC(=O)N1CCN(Cc2cc(C)no2)CC1. The second kappa shape index (κ2) is 8.75. The largest absolute Gasteiger partial charge is 0.382 e. The van der Waals surface area contributed by atoms with Crippen LogP contribution in [0.1, 0.15) is 24.8 Å². The van der Waals surface area contributed by atoms with Crippen LogP contribution >= 0.6 is 0 Å². The Morgan fingerprint density at radius 2 is 2.18 bits per heavy atom. The molecule has 1 aliphatic rings. The summed E-state index contributed by atoms with van der Waals surface area (Å²) in [5.41, 5.74) is 0.903. The van der Waals surface area contributed by atoms with Crippen LogP contribution in [0.2, 0.25) is 0 Å². The van der Waals surface area contributed by atoms with Gasteiger partial charge in [-0.05, 0) is 20.3 Å². The number of hydrogen-bond acceptors (Lipinski definition) is 5. The maximum absolute atomic E-state index is 12.0. The van der Waals surface area contributed by atoms with Gasteiger partial charge in [0.2, 0.25) is 0 Å². The zero-order valence-corrected chi connectivity index (χ0v) is 13.5. The monoisotopic (exact) mass is 310 g/mol. The fourth-order valence-corrected chi connectivity index (χ4v) is 2.45. The molecule has 0 saturated carbocycles. The number of aryl methyl sites for hydroxylation is 1. The molecule has 7 nitrogen and oxygen atoms in total. The molecular weight excluding hydrogens is 284 g/mol. The standard InChI is InChI=1S/C15H26N4O3/c1-3-21-10-4-5-16-15(20)19-8-6-18(7-9-19)12-14-11-13(2)17-22-14/h11H,3-10,12H2,1-2H3,(H,16,20). The molecule has 2 rings (SSSR count). The van der Waals surface area contributed by atoms with E-state index in [9.17, 15) is 4.79 Å². The van der Waals surface area contributed by atoms with E-state index in [0.717, 1.165) is 57.2 Å². The summed E-state index contributed by atoms with van der Waals surface area (Å²) in [6.45, 7) is 9.91. The number of nitrogens with one attached hydrogen (secondary N) is 1. The van der Waals surface area contributed by atoms with Gasteiger partial charge in [-0.15, -0.1) is 0 Å². The summed E-state index contributed by atoms with van der Waals surface area (Å²) in [5, 5.41) is 6.83. The lowest BCUT2D eigenvalue weighted by molar-refractivity contribution is 0.125. The molecule has 124 valence electrons. The molecule has 1 fully saturated rings. The quantitative estimate of drug-likeness (QED) is 0.767. The van der Waals surface area contributed by atoms with Gasteiger partial charge in [0.25, 0.3) is 0 Å².